The Hall–Kier alpha value is -3.15. The van der Waals surface area contributed by atoms with E-state index in [9.17, 15) is 14.4 Å². The zero-order valence-electron chi connectivity index (χ0n) is 16.7. The molecule has 1 aromatic carbocycles. The number of H-pyrrole nitrogens is 1. The van der Waals surface area contributed by atoms with Gasteiger partial charge in [0.1, 0.15) is 5.58 Å². The second-order valence-electron chi connectivity index (χ2n) is 7.09. The summed E-state index contributed by atoms with van der Waals surface area (Å²) in [4.78, 5) is 39.3. The van der Waals surface area contributed by atoms with Crippen LogP contribution in [0.1, 0.15) is 55.7 Å². The van der Waals surface area contributed by atoms with Gasteiger partial charge in [0, 0.05) is 22.2 Å². The van der Waals surface area contributed by atoms with Crippen molar-refractivity contribution in [1.29, 1.82) is 0 Å². The molecule has 2 heterocycles. The molecular weight excluding hydrogens is 358 g/mol. The Morgan fingerprint density at radius 1 is 1.07 bits per heavy atom. The van der Waals surface area contributed by atoms with E-state index < -0.39 is 5.97 Å². The number of benzene rings is 1. The number of hydrogen-bond acceptors (Lipinski definition) is 5. The molecular formula is C22H23NO5. The molecule has 0 fully saturated rings. The normalized spacial score (nSPS) is 11.0. The molecule has 0 saturated carbocycles. The zero-order chi connectivity index (χ0) is 20.6. The number of fused-ring (bicyclic) bond motifs is 1. The van der Waals surface area contributed by atoms with E-state index >= 15 is 0 Å². The minimum absolute atomic E-state index is 0.0181. The molecule has 6 nitrogen and oxygen atoms in total. The number of carbonyl (C=O) groups excluding carboxylic acids is 3. The average Bonchev–Trinajstić information content (AvgIpc) is 3.17. The van der Waals surface area contributed by atoms with Crippen molar-refractivity contribution in [2.45, 2.75) is 41.0 Å². The van der Waals surface area contributed by atoms with Crippen LogP contribution in [0.4, 0.5) is 0 Å². The quantitative estimate of drug-likeness (QED) is 0.511. The van der Waals surface area contributed by atoms with Gasteiger partial charge in [0.05, 0.1) is 18.4 Å². The largest absolute Gasteiger partial charge is 0.464 e. The summed E-state index contributed by atoms with van der Waals surface area (Å²) in [5, 5.41) is 0.869. The fourth-order valence-electron chi connectivity index (χ4n) is 3.51. The number of Topliss-reactive ketones (excluding diaryl/α,β-unsaturated/α-hetero) is 2. The first-order valence-corrected chi connectivity index (χ1v) is 9.06. The molecule has 3 rings (SSSR count). The number of rotatable bonds is 6. The first-order valence-electron chi connectivity index (χ1n) is 9.06. The van der Waals surface area contributed by atoms with Crippen LogP contribution in [-0.2, 0) is 16.0 Å². The topological polar surface area (TPSA) is 89.4 Å². The highest BCUT2D eigenvalue weighted by Gasteiger charge is 2.21. The molecule has 146 valence electrons. The van der Waals surface area contributed by atoms with Crippen LogP contribution >= 0.6 is 0 Å². The van der Waals surface area contributed by atoms with Gasteiger partial charge in [0.15, 0.2) is 12.4 Å². The van der Waals surface area contributed by atoms with Crippen molar-refractivity contribution >= 4 is 28.5 Å². The van der Waals surface area contributed by atoms with Crippen molar-refractivity contribution in [2.24, 2.45) is 0 Å². The summed E-state index contributed by atoms with van der Waals surface area (Å²) >= 11 is 0. The summed E-state index contributed by atoms with van der Waals surface area (Å²) in [5.74, 6) is -0.994. The molecule has 0 aliphatic heterocycles. The van der Waals surface area contributed by atoms with Crippen LogP contribution in [0.3, 0.4) is 0 Å². The highest BCUT2D eigenvalue weighted by atomic mass is 16.5. The second kappa shape index (κ2) is 7.46. The highest BCUT2D eigenvalue weighted by Crippen LogP contribution is 2.27. The Balaban J connectivity index is 1.68. The lowest BCUT2D eigenvalue weighted by Crippen LogP contribution is -2.16. The number of carbonyl (C=O) groups is 3. The smallest absolute Gasteiger partial charge is 0.310 e. The van der Waals surface area contributed by atoms with Crippen molar-refractivity contribution in [2.75, 3.05) is 6.61 Å². The lowest BCUT2D eigenvalue weighted by atomic mass is 10.0. The van der Waals surface area contributed by atoms with Gasteiger partial charge in [0.2, 0.25) is 5.78 Å². The molecule has 0 bridgehead atoms. The van der Waals surface area contributed by atoms with E-state index in [1.54, 1.807) is 20.1 Å². The predicted molar refractivity (Wildman–Crippen MR) is 105 cm³/mol. The summed E-state index contributed by atoms with van der Waals surface area (Å²) in [6.45, 7) is 8.48. The van der Waals surface area contributed by atoms with Gasteiger partial charge in [-0.3, -0.25) is 14.4 Å². The minimum Gasteiger partial charge on any atom is -0.464 e. The maximum atomic E-state index is 12.4. The van der Waals surface area contributed by atoms with E-state index in [0.717, 1.165) is 27.7 Å². The van der Waals surface area contributed by atoms with Crippen molar-refractivity contribution in [3.8, 4) is 0 Å². The SMILES string of the molecule is CC(=O)c1c(C)[nH]c(C(=O)COC(=O)Cc2coc3c(C)c(C)ccc23)c1C. The maximum Gasteiger partial charge on any atom is 0.310 e. The Kier molecular flexibility index (Phi) is 5.23. The van der Waals surface area contributed by atoms with Gasteiger partial charge < -0.3 is 14.1 Å². The molecule has 3 aromatic rings. The van der Waals surface area contributed by atoms with Crippen LogP contribution in [-0.4, -0.2) is 29.1 Å². The van der Waals surface area contributed by atoms with Gasteiger partial charge in [-0.25, -0.2) is 0 Å². The standard InChI is InChI=1S/C22H23NO5/c1-11-6-7-17-16(9-28-22(17)12(11)2)8-19(26)27-10-18(25)21-13(3)20(15(5)24)14(4)23-21/h6-7,9,23H,8,10H2,1-5H3. The highest BCUT2D eigenvalue weighted by molar-refractivity contribution is 6.04. The molecule has 0 saturated heterocycles. The third-order valence-corrected chi connectivity index (χ3v) is 5.11. The van der Waals surface area contributed by atoms with E-state index in [1.165, 1.54) is 6.92 Å². The van der Waals surface area contributed by atoms with Gasteiger partial charge in [-0.2, -0.15) is 0 Å². The van der Waals surface area contributed by atoms with Crippen LogP contribution in [0.25, 0.3) is 11.0 Å². The Morgan fingerprint density at radius 2 is 1.79 bits per heavy atom. The maximum absolute atomic E-state index is 12.4. The van der Waals surface area contributed by atoms with Crippen LogP contribution < -0.4 is 0 Å². The lowest BCUT2D eigenvalue weighted by molar-refractivity contribution is -0.141. The number of ketones is 2. The summed E-state index contributed by atoms with van der Waals surface area (Å²) in [7, 11) is 0. The van der Waals surface area contributed by atoms with E-state index in [0.29, 0.717) is 22.5 Å². The zero-order valence-corrected chi connectivity index (χ0v) is 16.7. The van der Waals surface area contributed by atoms with Crippen LogP contribution in [0.5, 0.6) is 0 Å². The second-order valence-corrected chi connectivity index (χ2v) is 7.09. The van der Waals surface area contributed by atoms with Crippen molar-refractivity contribution in [1.82, 2.24) is 4.98 Å². The lowest BCUT2D eigenvalue weighted by Gasteiger charge is -2.04. The van der Waals surface area contributed by atoms with Gasteiger partial charge in [-0.05, 0) is 51.3 Å². The third kappa shape index (κ3) is 3.50. The molecule has 0 aliphatic rings. The average molecular weight is 381 g/mol. The first kappa shape index (κ1) is 19.6. The number of nitrogens with one attached hydrogen (secondary N) is 1. The third-order valence-electron chi connectivity index (χ3n) is 5.11. The summed E-state index contributed by atoms with van der Waals surface area (Å²) in [6, 6.07) is 3.90. The molecule has 0 unspecified atom stereocenters. The fourth-order valence-corrected chi connectivity index (χ4v) is 3.51. The minimum atomic E-state index is -0.512. The first-order chi connectivity index (χ1) is 13.2. The van der Waals surface area contributed by atoms with E-state index in [-0.39, 0.29) is 24.6 Å². The van der Waals surface area contributed by atoms with Gasteiger partial charge >= 0.3 is 5.97 Å². The molecule has 2 aromatic heterocycles. The van der Waals surface area contributed by atoms with Crippen LogP contribution in [0.15, 0.2) is 22.8 Å². The number of aromatic amines is 1. The molecule has 0 amide bonds. The monoisotopic (exact) mass is 381 g/mol. The Labute approximate surface area is 162 Å². The number of furan rings is 1. The number of aromatic nitrogens is 1. The van der Waals surface area contributed by atoms with Gasteiger partial charge in [0.25, 0.3) is 0 Å². The van der Waals surface area contributed by atoms with Crippen LogP contribution in [0, 0.1) is 27.7 Å². The van der Waals surface area contributed by atoms with Gasteiger partial charge in [-0.15, -0.1) is 0 Å². The molecule has 0 radical (unpaired) electrons. The molecule has 1 N–H and O–H groups in total. The summed E-state index contributed by atoms with van der Waals surface area (Å²) < 4.78 is 10.8. The van der Waals surface area contributed by atoms with Crippen molar-refractivity contribution < 1.29 is 23.5 Å². The van der Waals surface area contributed by atoms with Crippen molar-refractivity contribution in [3.63, 3.8) is 0 Å². The number of aryl methyl sites for hydroxylation is 3. The molecule has 28 heavy (non-hydrogen) atoms. The predicted octanol–water partition coefficient (Wildman–Crippen LogP) is 4.17. The Bertz CT molecular complexity index is 1100. The van der Waals surface area contributed by atoms with E-state index in [1.807, 2.05) is 26.0 Å². The van der Waals surface area contributed by atoms with E-state index in [4.69, 9.17) is 9.15 Å². The molecule has 6 heteroatoms. The molecule has 0 aliphatic carbocycles. The van der Waals surface area contributed by atoms with Crippen molar-refractivity contribution in [3.05, 3.63) is 57.6 Å². The molecule has 0 spiro atoms. The number of ether oxygens (including phenoxy) is 1. The van der Waals surface area contributed by atoms with Crippen LogP contribution in [0.2, 0.25) is 0 Å². The fraction of sp³-hybridized carbons (Fsp3) is 0.318. The summed E-state index contributed by atoms with van der Waals surface area (Å²) in [5.41, 5.74) is 5.65. The van der Waals surface area contributed by atoms with Gasteiger partial charge in [-0.1, -0.05) is 12.1 Å². The van der Waals surface area contributed by atoms with E-state index in [2.05, 4.69) is 4.98 Å². The number of hydrogen-bond donors (Lipinski definition) is 1. The number of esters is 1. The summed E-state index contributed by atoms with van der Waals surface area (Å²) in [6.07, 6.45) is 1.57. The molecule has 0 atom stereocenters. The Morgan fingerprint density at radius 3 is 2.43 bits per heavy atom.